The van der Waals surface area contributed by atoms with Gasteiger partial charge in [-0.2, -0.15) is 0 Å². The van der Waals surface area contributed by atoms with Crippen LogP contribution in [-0.4, -0.2) is 24.7 Å². The van der Waals surface area contributed by atoms with Crippen molar-refractivity contribution in [3.8, 4) is 5.75 Å². The zero-order valence-corrected chi connectivity index (χ0v) is 18.0. The smallest absolute Gasteiger partial charge is 0.406 e. The molecular formula is C24H19F3N2O3S. The molecule has 0 saturated carbocycles. The van der Waals surface area contributed by atoms with Gasteiger partial charge in [-0.15, -0.1) is 24.9 Å². The summed E-state index contributed by atoms with van der Waals surface area (Å²) in [5, 5.41) is 2.53. The van der Waals surface area contributed by atoms with Crippen molar-refractivity contribution in [1.82, 2.24) is 0 Å². The molecule has 170 valence electrons. The summed E-state index contributed by atoms with van der Waals surface area (Å²) in [5.41, 5.74) is 1.97. The first-order valence-corrected chi connectivity index (χ1v) is 10.9. The predicted molar refractivity (Wildman–Crippen MR) is 120 cm³/mol. The normalized spacial score (nSPS) is 16.0. The highest BCUT2D eigenvalue weighted by Gasteiger charge is 2.31. The molecule has 0 bridgehead atoms. The van der Waals surface area contributed by atoms with Crippen LogP contribution in [0.15, 0.2) is 83.8 Å². The number of halogens is 3. The van der Waals surface area contributed by atoms with Crippen molar-refractivity contribution < 1.29 is 27.5 Å². The Morgan fingerprint density at radius 2 is 1.67 bits per heavy atom. The number of carbonyl (C=O) groups excluding carboxylic acids is 2. The van der Waals surface area contributed by atoms with E-state index in [1.54, 1.807) is 23.9 Å². The highest BCUT2D eigenvalue weighted by molar-refractivity contribution is 7.99. The van der Waals surface area contributed by atoms with Crippen LogP contribution in [0.2, 0.25) is 0 Å². The molecule has 2 amide bonds. The Bertz CT molecular complexity index is 1140. The number of nitrogens with one attached hydrogen (secondary N) is 1. The number of para-hydroxylation sites is 1. The minimum atomic E-state index is -4.79. The van der Waals surface area contributed by atoms with Crippen molar-refractivity contribution in [3.63, 3.8) is 0 Å². The quantitative estimate of drug-likeness (QED) is 0.510. The monoisotopic (exact) mass is 472 g/mol. The molecule has 0 radical (unpaired) electrons. The van der Waals surface area contributed by atoms with Gasteiger partial charge in [0.15, 0.2) is 0 Å². The van der Waals surface area contributed by atoms with E-state index in [2.05, 4.69) is 10.1 Å². The van der Waals surface area contributed by atoms with Crippen LogP contribution in [-0.2, 0) is 9.59 Å². The minimum Gasteiger partial charge on any atom is -0.406 e. The molecule has 3 aromatic rings. The summed E-state index contributed by atoms with van der Waals surface area (Å²) < 4.78 is 40.8. The first-order chi connectivity index (χ1) is 15.8. The molecule has 0 aromatic heterocycles. The lowest BCUT2D eigenvalue weighted by Crippen LogP contribution is -2.38. The summed E-state index contributed by atoms with van der Waals surface area (Å²) in [5.74, 6) is -1.04. The number of rotatable bonds is 5. The second-order valence-corrected chi connectivity index (χ2v) is 8.53. The van der Waals surface area contributed by atoms with Crippen molar-refractivity contribution in [3.05, 3.63) is 84.4 Å². The molecule has 3 aromatic carbocycles. The van der Waals surface area contributed by atoms with Gasteiger partial charge < -0.3 is 15.0 Å². The molecule has 0 fully saturated rings. The number of thioether (sulfide) groups is 1. The Kier molecular flexibility index (Phi) is 6.60. The molecule has 1 heterocycles. The maximum Gasteiger partial charge on any atom is 0.573 e. The molecule has 9 heteroatoms. The maximum absolute atomic E-state index is 13.1. The number of anilines is 2. The predicted octanol–water partition coefficient (Wildman–Crippen LogP) is 5.79. The summed E-state index contributed by atoms with van der Waals surface area (Å²) >= 11 is 1.58. The summed E-state index contributed by atoms with van der Waals surface area (Å²) in [6.07, 6.45) is -4.57. The van der Waals surface area contributed by atoms with Crippen molar-refractivity contribution >= 4 is 35.0 Å². The van der Waals surface area contributed by atoms with Gasteiger partial charge in [0.05, 0.1) is 5.69 Å². The Morgan fingerprint density at radius 3 is 2.36 bits per heavy atom. The number of hydrogen-bond donors (Lipinski definition) is 1. The summed E-state index contributed by atoms with van der Waals surface area (Å²) in [6, 6.07) is 21.9. The molecule has 0 spiro atoms. The van der Waals surface area contributed by atoms with E-state index in [4.69, 9.17) is 0 Å². The summed E-state index contributed by atoms with van der Waals surface area (Å²) in [7, 11) is 0. The fraction of sp³-hybridized carbons (Fsp3) is 0.167. The number of hydrogen-bond acceptors (Lipinski definition) is 4. The van der Waals surface area contributed by atoms with E-state index in [1.165, 1.54) is 17.0 Å². The topological polar surface area (TPSA) is 58.6 Å². The molecule has 1 aliphatic rings. The number of nitrogens with zero attached hydrogens (tertiary/aromatic N) is 1. The third-order valence-corrected chi connectivity index (χ3v) is 6.25. The van der Waals surface area contributed by atoms with E-state index in [9.17, 15) is 22.8 Å². The van der Waals surface area contributed by atoms with Crippen LogP contribution in [0.1, 0.15) is 17.2 Å². The number of carbonyl (C=O) groups is 2. The second kappa shape index (κ2) is 9.58. The molecule has 1 N–H and O–H groups in total. The zero-order chi connectivity index (χ0) is 23.4. The average molecular weight is 472 g/mol. The Labute approximate surface area is 192 Å². The van der Waals surface area contributed by atoms with Crippen LogP contribution >= 0.6 is 11.8 Å². The first-order valence-electron chi connectivity index (χ1n) is 10.1. The number of amides is 2. The van der Waals surface area contributed by atoms with Crippen LogP contribution in [0.5, 0.6) is 5.75 Å². The maximum atomic E-state index is 13.1. The standard InChI is InChI=1S/C24H19F3N2O3S/c25-24(26,27)32-18-12-10-17(11-13-18)28-22(30)15-29-19-8-4-5-9-20(19)33-21(14-23(29)31)16-6-2-1-3-7-16/h1-13,21H,14-15H2,(H,28,30). The molecule has 5 nitrogen and oxygen atoms in total. The Morgan fingerprint density at radius 1 is 1.00 bits per heavy atom. The fourth-order valence-corrected chi connectivity index (χ4v) is 4.77. The summed E-state index contributed by atoms with van der Waals surface area (Å²) in [4.78, 5) is 28.2. The molecule has 33 heavy (non-hydrogen) atoms. The van der Waals surface area contributed by atoms with Gasteiger partial charge in [0.2, 0.25) is 11.8 Å². The SMILES string of the molecule is O=C(CN1C(=O)CC(c2ccccc2)Sc2ccccc21)Nc1ccc(OC(F)(F)F)cc1. The van der Waals surface area contributed by atoms with E-state index in [0.717, 1.165) is 22.6 Å². The third kappa shape index (κ3) is 5.87. The van der Waals surface area contributed by atoms with Gasteiger partial charge in [-0.1, -0.05) is 42.5 Å². The van der Waals surface area contributed by atoms with Crippen LogP contribution in [0.3, 0.4) is 0 Å². The van der Waals surface area contributed by atoms with E-state index >= 15 is 0 Å². The first kappa shape index (κ1) is 22.7. The number of alkyl halides is 3. The highest BCUT2D eigenvalue weighted by atomic mass is 32.2. The van der Waals surface area contributed by atoms with Gasteiger partial charge >= 0.3 is 6.36 Å². The molecule has 0 saturated heterocycles. The lowest BCUT2D eigenvalue weighted by molar-refractivity contribution is -0.274. The average Bonchev–Trinajstić information content (AvgIpc) is 2.91. The van der Waals surface area contributed by atoms with E-state index in [-0.39, 0.29) is 29.9 Å². The second-order valence-electron chi connectivity index (χ2n) is 7.29. The Balaban J connectivity index is 1.49. The van der Waals surface area contributed by atoms with Crippen molar-refractivity contribution in [2.24, 2.45) is 0 Å². The van der Waals surface area contributed by atoms with Crippen molar-refractivity contribution in [2.75, 3.05) is 16.8 Å². The van der Waals surface area contributed by atoms with E-state index in [1.807, 2.05) is 42.5 Å². The highest BCUT2D eigenvalue weighted by Crippen LogP contribution is 2.45. The number of ether oxygens (including phenoxy) is 1. The van der Waals surface area contributed by atoms with E-state index < -0.39 is 12.3 Å². The van der Waals surface area contributed by atoms with Crippen LogP contribution in [0.4, 0.5) is 24.5 Å². The molecule has 1 aliphatic heterocycles. The van der Waals surface area contributed by atoms with Gasteiger partial charge in [0.1, 0.15) is 12.3 Å². The summed E-state index contributed by atoms with van der Waals surface area (Å²) in [6.45, 7) is -0.223. The van der Waals surface area contributed by atoms with Gasteiger partial charge in [-0.05, 0) is 42.0 Å². The van der Waals surface area contributed by atoms with Gasteiger partial charge in [0, 0.05) is 22.3 Å². The molecule has 0 aliphatic carbocycles. The van der Waals surface area contributed by atoms with Gasteiger partial charge in [-0.25, -0.2) is 0 Å². The largest absolute Gasteiger partial charge is 0.573 e. The lowest BCUT2D eigenvalue weighted by Gasteiger charge is -2.22. The zero-order valence-electron chi connectivity index (χ0n) is 17.2. The molecule has 4 rings (SSSR count). The van der Waals surface area contributed by atoms with Crippen LogP contribution in [0, 0.1) is 0 Å². The molecular weight excluding hydrogens is 453 g/mol. The fourth-order valence-electron chi connectivity index (χ4n) is 3.49. The van der Waals surface area contributed by atoms with Crippen LogP contribution < -0.4 is 15.0 Å². The lowest BCUT2D eigenvalue weighted by atomic mass is 10.1. The van der Waals surface area contributed by atoms with Crippen LogP contribution in [0.25, 0.3) is 0 Å². The third-order valence-electron chi connectivity index (χ3n) is 4.93. The van der Waals surface area contributed by atoms with Gasteiger partial charge in [-0.3, -0.25) is 9.59 Å². The number of benzene rings is 3. The molecule has 1 unspecified atom stereocenters. The number of fused-ring (bicyclic) bond motifs is 1. The minimum absolute atomic E-state index is 0.0888. The Hall–Kier alpha value is -3.46. The van der Waals surface area contributed by atoms with Crippen molar-refractivity contribution in [2.45, 2.75) is 22.9 Å². The van der Waals surface area contributed by atoms with Crippen molar-refractivity contribution in [1.29, 1.82) is 0 Å². The van der Waals surface area contributed by atoms with E-state index in [0.29, 0.717) is 11.4 Å². The van der Waals surface area contributed by atoms with Gasteiger partial charge in [0.25, 0.3) is 0 Å². The molecule has 1 atom stereocenters.